The Morgan fingerprint density at radius 3 is 2.33 bits per heavy atom. The van der Waals surface area contributed by atoms with Gasteiger partial charge in [0.15, 0.2) is 6.10 Å². The number of hydrogen-bond acceptors (Lipinski definition) is 7. The summed E-state index contributed by atoms with van der Waals surface area (Å²) in [5.74, 6) is 2.88. The molecule has 33 heavy (non-hydrogen) atoms. The third kappa shape index (κ3) is 5.71. The van der Waals surface area contributed by atoms with Gasteiger partial charge in [0.2, 0.25) is 5.95 Å². The van der Waals surface area contributed by atoms with Gasteiger partial charge in [0.25, 0.3) is 5.91 Å². The van der Waals surface area contributed by atoms with Gasteiger partial charge in [0, 0.05) is 43.6 Å². The number of methoxy groups -OCH3 is 1. The van der Waals surface area contributed by atoms with E-state index in [1.165, 1.54) is 0 Å². The van der Waals surface area contributed by atoms with Gasteiger partial charge in [0.05, 0.1) is 7.11 Å². The van der Waals surface area contributed by atoms with Crippen LogP contribution in [-0.2, 0) is 4.79 Å². The predicted octanol–water partition coefficient (Wildman–Crippen LogP) is 3.65. The van der Waals surface area contributed by atoms with E-state index in [2.05, 4.69) is 15.2 Å². The Morgan fingerprint density at radius 2 is 1.67 bits per heavy atom. The van der Waals surface area contributed by atoms with Gasteiger partial charge in [-0.1, -0.05) is 18.2 Å². The molecule has 0 saturated carbocycles. The summed E-state index contributed by atoms with van der Waals surface area (Å²) < 4.78 is 11.0. The highest BCUT2D eigenvalue weighted by Gasteiger charge is 2.27. The lowest BCUT2D eigenvalue weighted by Gasteiger charge is -2.36. The fourth-order valence-electron chi connectivity index (χ4n) is 3.72. The average Bonchev–Trinajstić information content (AvgIpc) is 2.84. The van der Waals surface area contributed by atoms with Crippen LogP contribution >= 0.6 is 0 Å². The molecular weight excluding hydrogens is 418 g/mol. The number of carbonyl (C=O) groups excluding carboxylic acids is 1. The lowest BCUT2D eigenvalue weighted by Crippen LogP contribution is -2.52. The molecule has 1 aliphatic rings. The highest BCUT2D eigenvalue weighted by atomic mass is 16.5. The van der Waals surface area contributed by atoms with E-state index in [-0.39, 0.29) is 5.91 Å². The number of benzene rings is 2. The third-order valence-corrected chi connectivity index (χ3v) is 5.48. The zero-order valence-electron chi connectivity index (χ0n) is 19.2. The van der Waals surface area contributed by atoms with Crippen LogP contribution in [0.15, 0.2) is 60.7 Å². The number of ether oxygens (including phenoxy) is 2. The normalized spacial score (nSPS) is 14.5. The second kappa shape index (κ2) is 10.2. The lowest BCUT2D eigenvalue weighted by molar-refractivity contribution is -0.138. The van der Waals surface area contributed by atoms with E-state index in [1.54, 1.807) is 14.0 Å². The molecule has 0 unspecified atom stereocenters. The van der Waals surface area contributed by atoms with Crippen LogP contribution in [0.1, 0.15) is 12.6 Å². The first-order valence-electron chi connectivity index (χ1n) is 11.0. The number of hydrogen-bond donors (Lipinski definition) is 1. The van der Waals surface area contributed by atoms with Crippen LogP contribution in [0, 0.1) is 6.92 Å². The van der Waals surface area contributed by atoms with E-state index in [0.29, 0.717) is 37.9 Å². The Labute approximate surface area is 194 Å². The maximum atomic E-state index is 12.8. The van der Waals surface area contributed by atoms with Crippen LogP contribution in [-0.4, -0.2) is 60.2 Å². The molecule has 8 heteroatoms. The smallest absolute Gasteiger partial charge is 0.263 e. The van der Waals surface area contributed by atoms with Crippen LogP contribution in [0.3, 0.4) is 0 Å². The van der Waals surface area contributed by atoms with Gasteiger partial charge in [-0.05, 0) is 50.2 Å². The summed E-state index contributed by atoms with van der Waals surface area (Å²) >= 11 is 0. The van der Waals surface area contributed by atoms with Crippen molar-refractivity contribution in [3.63, 3.8) is 0 Å². The van der Waals surface area contributed by atoms with E-state index in [4.69, 9.17) is 14.5 Å². The molecule has 172 valence electrons. The Morgan fingerprint density at radius 1 is 0.970 bits per heavy atom. The van der Waals surface area contributed by atoms with E-state index in [0.717, 1.165) is 22.9 Å². The lowest BCUT2D eigenvalue weighted by atomic mass is 10.2. The van der Waals surface area contributed by atoms with Crippen molar-refractivity contribution in [1.82, 2.24) is 14.9 Å². The Balaban J connectivity index is 1.36. The zero-order valence-corrected chi connectivity index (χ0v) is 19.2. The Hall–Kier alpha value is -3.81. The minimum absolute atomic E-state index is 0.00877. The fourth-order valence-corrected chi connectivity index (χ4v) is 3.72. The molecule has 0 bridgehead atoms. The number of aryl methyl sites for hydroxylation is 1. The van der Waals surface area contributed by atoms with Gasteiger partial charge >= 0.3 is 0 Å². The molecule has 1 aliphatic heterocycles. The van der Waals surface area contributed by atoms with Crippen molar-refractivity contribution in [1.29, 1.82) is 0 Å². The molecule has 2 heterocycles. The van der Waals surface area contributed by atoms with Crippen molar-refractivity contribution in [2.24, 2.45) is 0 Å². The molecule has 1 N–H and O–H groups in total. The molecule has 0 spiro atoms. The highest BCUT2D eigenvalue weighted by molar-refractivity contribution is 5.81. The van der Waals surface area contributed by atoms with Crippen molar-refractivity contribution in [2.45, 2.75) is 20.0 Å². The number of nitrogens with one attached hydrogen (secondary N) is 1. The summed E-state index contributed by atoms with van der Waals surface area (Å²) in [6, 6.07) is 19.0. The van der Waals surface area contributed by atoms with Crippen LogP contribution < -0.4 is 19.7 Å². The van der Waals surface area contributed by atoms with Crippen LogP contribution in [0.2, 0.25) is 0 Å². The first-order valence-corrected chi connectivity index (χ1v) is 11.0. The number of piperazine rings is 1. The Kier molecular flexibility index (Phi) is 6.92. The Bertz CT molecular complexity index is 1070. The van der Waals surface area contributed by atoms with Gasteiger partial charge in [0.1, 0.15) is 17.3 Å². The molecule has 1 aromatic heterocycles. The van der Waals surface area contributed by atoms with Crippen molar-refractivity contribution in [3.8, 4) is 11.5 Å². The van der Waals surface area contributed by atoms with Gasteiger partial charge in [-0.15, -0.1) is 0 Å². The van der Waals surface area contributed by atoms with E-state index in [1.807, 2.05) is 72.5 Å². The first-order chi connectivity index (χ1) is 16.0. The van der Waals surface area contributed by atoms with Crippen molar-refractivity contribution in [3.05, 3.63) is 66.4 Å². The minimum Gasteiger partial charge on any atom is -0.497 e. The average molecular weight is 448 g/mol. The molecule has 1 amide bonds. The number of carbonyl (C=O) groups is 1. The molecule has 4 rings (SSSR count). The first kappa shape index (κ1) is 22.4. The number of rotatable bonds is 7. The number of amides is 1. The van der Waals surface area contributed by atoms with E-state index >= 15 is 0 Å². The minimum atomic E-state index is -0.533. The standard InChI is InChI=1S/C25H29N5O3/c1-18-17-23(27-20-9-11-21(32-3)12-10-20)28-25(26-18)30-15-13-29(14-16-30)24(31)19(2)33-22-7-5-4-6-8-22/h4-12,17,19H,13-16H2,1-3H3,(H,26,27,28)/t19-/m1/s1. The quantitative estimate of drug-likeness (QED) is 0.592. The summed E-state index contributed by atoms with van der Waals surface area (Å²) in [5.41, 5.74) is 1.79. The van der Waals surface area contributed by atoms with Gasteiger partial charge in [-0.25, -0.2) is 4.98 Å². The maximum absolute atomic E-state index is 12.8. The summed E-state index contributed by atoms with van der Waals surface area (Å²) in [4.78, 5) is 26.1. The monoisotopic (exact) mass is 447 g/mol. The summed E-state index contributed by atoms with van der Waals surface area (Å²) in [6.45, 7) is 6.26. The SMILES string of the molecule is COc1ccc(Nc2cc(C)nc(N3CCN(C(=O)[C@@H](C)Oc4ccccc4)CC3)n2)cc1. The van der Waals surface area contributed by atoms with Gasteiger partial charge in [-0.3, -0.25) is 4.79 Å². The van der Waals surface area contributed by atoms with Crippen LogP contribution in [0.25, 0.3) is 0 Å². The van der Waals surface area contributed by atoms with Crippen LogP contribution in [0.5, 0.6) is 11.5 Å². The topological polar surface area (TPSA) is 79.8 Å². The van der Waals surface area contributed by atoms with Gasteiger partial charge in [-0.2, -0.15) is 4.98 Å². The van der Waals surface area contributed by atoms with Crippen molar-refractivity contribution < 1.29 is 14.3 Å². The van der Waals surface area contributed by atoms with Crippen molar-refractivity contribution >= 4 is 23.4 Å². The van der Waals surface area contributed by atoms with Gasteiger partial charge < -0.3 is 24.6 Å². The number of anilines is 3. The molecule has 1 fully saturated rings. The second-order valence-electron chi connectivity index (χ2n) is 7.93. The molecule has 2 aromatic carbocycles. The molecule has 8 nitrogen and oxygen atoms in total. The molecule has 0 aliphatic carbocycles. The fraction of sp³-hybridized carbons (Fsp3) is 0.320. The van der Waals surface area contributed by atoms with Crippen LogP contribution in [0.4, 0.5) is 17.5 Å². The number of para-hydroxylation sites is 1. The highest BCUT2D eigenvalue weighted by Crippen LogP contribution is 2.22. The second-order valence-corrected chi connectivity index (χ2v) is 7.93. The molecule has 1 saturated heterocycles. The maximum Gasteiger partial charge on any atom is 0.263 e. The van der Waals surface area contributed by atoms with Crippen molar-refractivity contribution in [2.75, 3.05) is 43.5 Å². The molecule has 3 aromatic rings. The number of nitrogens with zero attached hydrogens (tertiary/aromatic N) is 4. The summed E-state index contributed by atoms with van der Waals surface area (Å²) in [6.07, 6.45) is -0.533. The largest absolute Gasteiger partial charge is 0.497 e. The third-order valence-electron chi connectivity index (χ3n) is 5.48. The molecule has 0 radical (unpaired) electrons. The summed E-state index contributed by atoms with van der Waals surface area (Å²) in [5, 5.41) is 3.33. The molecular formula is C25H29N5O3. The van der Waals surface area contributed by atoms with E-state index in [9.17, 15) is 4.79 Å². The zero-order chi connectivity index (χ0) is 23.2. The summed E-state index contributed by atoms with van der Waals surface area (Å²) in [7, 11) is 1.65. The van der Waals surface area contributed by atoms with E-state index < -0.39 is 6.10 Å². The molecule has 1 atom stereocenters. The predicted molar refractivity (Wildman–Crippen MR) is 128 cm³/mol. The number of aromatic nitrogens is 2.